The first kappa shape index (κ1) is 15.8. The number of allylic oxidation sites excluding steroid dienone is 2. The van der Waals surface area contributed by atoms with E-state index in [0.717, 1.165) is 0 Å². The summed E-state index contributed by atoms with van der Waals surface area (Å²) in [5.74, 6) is -0.596. The maximum Gasteiger partial charge on any atom is 0.222 e. The SMILES string of the molecule is COC1=C/C(=N\c2ccc(O)cc2Cl)C(NC(C)=O)=CC1=O. The Balaban J connectivity index is 2.49. The molecular formula is C15H13ClN2O4. The van der Waals surface area contributed by atoms with Crippen molar-refractivity contribution in [3.05, 3.63) is 46.8 Å². The molecule has 0 aromatic heterocycles. The Morgan fingerprint density at radius 2 is 2.09 bits per heavy atom. The first-order valence-corrected chi connectivity index (χ1v) is 6.65. The molecule has 6 nitrogen and oxygen atoms in total. The number of phenols is 1. The Bertz CT molecular complexity index is 735. The molecule has 1 amide bonds. The molecule has 22 heavy (non-hydrogen) atoms. The van der Waals surface area contributed by atoms with Gasteiger partial charge in [0.15, 0.2) is 5.76 Å². The van der Waals surface area contributed by atoms with Gasteiger partial charge in [0, 0.05) is 25.1 Å². The topological polar surface area (TPSA) is 88.0 Å². The standard InChI is InChI=1S/C15H13ClN2O4/c1-8(19)17-12-6-14(21)15(22-2)7-13(12)18-11-4-3-9(20)5-10(11)16/h3-7,20H,1-2H3,(H,17,19)/b18-13+. The molecule has 2 N–H and O–H groups in total. The highest BCUT2D eigenvalue weighted by Gasteiger charge is 2.20. The van der Waals surface area contributed by atoms with E-state index in [1.54, 1.807) is 0 Å². The summed E-state index contributed by atoms with van der Waals surface area (Å²) in [6, 6.07) is 4.30. The Labute approximate surface area is 131 Å². The second-order valence-electron chi connectivity index (χ2n) is 4.45. The predicted molar refractivity (Wildman–Crippen MR) is 82.2 cm³/mol. The minimum absolute atomic E-state index is 0.0125. The van der Waals surface area contributed by atoms with Crippen molar-refractivity contribution < 1.29 is 19.4 Å². The lowest BCUT2D eigenvalue weighted by atomic mass is 10.1. The highest BCUT2D eigenvalue weighted by molar-refractivity contribution is 6.33. The second-order valence-corrected chi connectivity index (χ2v) is 4.86. The summed E-state index contributed by atoms with van der Waals surface area (Å²) in [7, 11) is 1.37. The summed E-state index contributed by atoms with van der Waals surface area (Å²) in [6.07, 6.45) is 2.64. The molecule has 1 aliphatic carbocycles. The van der Waals surface area contributed by atoms with E-state index in [1.807, 2.05) is 0 Å². The first-order valence-electron chi connectivity index (χ1n) is 6.27. The number of hydrogen-bond acceptors (Lipinski definition) is 5. The summed E-state index contributed by atoms with van der Waals surface area (Å²) in [5.41, 5.74) is 0.952. The molecule has 0 radical (unpaired) electrons. The Kier molecular flexibility index (Phi) is 4.62. The van der Waals surface area contributed by atoms with E-state index in [9.17, 15) is 14.7 Å². The molecule has 0 aliphatic heterocycles. The van der Waals surface area contributed by atoms with E-state index < -0.39 is 0 Å². The zero-order valence-corrected chi connectivity index (χ0v) is 12.6. The molecule has 0 saturated carbocycles. The first-order chi connectivity index (χ1) is 10.4. The number of aromatic hydroxyl groups is 1. The number of carbonyl (C=O) groups excluding carboxylic acids is 2. The molecule has 0 unspecified atom stereocenters. The molecule has 7 heteroatoms. The van der Waals surface area contributed by atoms with Gasteiger partial charge in [0.2, 0.25) is 11.7 Å². The summed E-state index contributed by atoms with van der Waals surface area (Å²) < 4.78 is 4.97. The van der Waals surface area contributed by atoms with E-state index in [2.05, 4.69) is 10.3 Å². The smallest absolute Gasteiger partial charge is 0.222 e. The van der Waals surface area contributed by atoms with Crippen LogP contribution in [0.1, 0.15) is 6.92 Å². The fraction of sp³-hybridized carbons (Fsp3) is 0.133. The number of ether oxygens (including phenoxy) is 1. The highest BCUT2D eigenvalue weighted by atomic mass is 35.5. The number of nitrogens with zero attached hydrogens (tertiary/aromatic N) is 1. The summed E-state index contributed by atoms with van der Waals surface area (Å²) in [4.78, 5) is 27.3. The minimum Gasteiger partial charge on any atom is -0.508 e. The zero-order valence-electron chi connectivity index (χ0n) is 11.9. The van der Waals surface area contributed by atoms with Gasteiger partial charge in [-0.15, -0.1) is 0 Å². The second kappa shape index (κ2) is 6.44. The van der Waals surface area contributed by atoms with Crippen LogP contribution in [0.25, 0.3) is 0 Å². The normalized spacial score (nSPS) is 16.1. The monoisotopic (exact) mass is 320 g/mol. The van der Waals surface area contributed by atoms with Gasteiger partial charge >= 0.3 is 0 Å². The van der Waals surface area contributed by atoms with Gasteiger partial charge in [-0.25, -0.2) is 4.99 Å². The average molecular weight is 321 g/mol. The molecular weight excluding hydrogens is 308 g/mol. The molecule has 0 fully saturated rings. The van der Waals surface area contributed by atoms with Crippen molar-refractivity contribution in [3.8, 4) is 5.75 Å². The maximum absolute atomic E-state index is 11.8. The van der Waals surface area contributed by atoms with E-state index in [0.29, 0.717) is 11.4 Å². The maximum atomic E-state index is 11.8. The predicted octanol–water partition coefficient (Wildman–Crippen LogP) is 2.25. The third kappa shape index (κ3) is 3.53. The fourth-order valence-corrected chi connectivity index (χ4v) is 2.02. The molecule has 0 bridgehead atoms. The van der Waals surface area contributed by atoms with E-state index >= 15 is 0 Å². The van der Waals surface area contributed by atoms with Crippen molar-refractivity contribution in [3.63, 3.8) is 0 Å². The number of phenolic OH excluding ortho intramolecular Hbond substituents is 1. The molecule has 114 valence electrons. The number of halogens is 1. The lowest BCUT2D eigenvalue weighted by molar-refractivity contribution is -0.118. The van der Waals surface area contributed by atoms with Crippen LogP contribution in [0.4, 0.5) is 5.69 Å². The van der Waals surface area contributed by atoms with Crippen molar-refractivity contribution in [1.29, 1.82) is 0 Å². The Morgan fingerprint density at radius 3 is 2.68 bits per heavy atom. The number of methoxy groups -OCH3 is 1. The van der Waals surface area contributed by atoms with Crippen LogP contribution in [0.2, 0.25) is 5.02 Å². The number of hydrogen-bond donors (Lipinski definition) is 2. The van der Waals surface area contributed by atoms with Gasteiger partial charge in [0.05, 0.1) is 29.2 Å². The molecule has 0 spiro atoms. The highest BCUT2D eigenvalue weighted by Crippen LogP contribution is 2.29. The molecule has 1 aromatic carbocycles. The van der Waals surface area contributed by atoms with Crippen LogP contribution in [0.5, 0.6) is 5.75 Å². The van der Waals surface area contributed by atoms with Gasteiger partial charge in [-0.2, -0.15) is 0 Å². The molecule has 0 atom stereocenters. The summed E-state index contributed by atoms with van der Waals surface area (Å²) in [6.45, 7) is 1.33. The molecule has 1 aliphatic rings. The van der Waals surface area contributed by atoms with Crippen LogP contribution in [0.15, 0.2) is 46.8 Å². The van der Waals surface area contributed by atoms with E-state index in [4.69, 9.17) is 16.3 Å². The molecule has 0 heterocycles. The molecule has 1 aromatic rings. The van der Waals surface area contributed by atoms with Crippen LogP contribution >= 0.6 is 11.6 Å². The minimum atomic E-state index is -0.373. The number of nitrogens with one attached hydrogen (secondary N) is 1. The van der Waals surface area contributed by atoms with Crippen molar-refractivity contribution in [2.24, 2.45) is 4.99 Å². The summed E-state index contributed by atoms with van der Waals surface area (Å²) >= 11 is 6.01. The van der Waals surface area contributed by atoms with Crippen LogP contribution in [0, 0.1) is 0 Å². The third-order valence-electron chi connectivity index (χ3n) is 2.76. The number of benzene rings is 1. The van der Waals surface area contributed by atoms with Crippen molar-refractivity contribution in [1.82, 2.24) is 5.32 Å². The van der Waals surface area contributed by atoms with Gasteiger partial charge < -0.3 is 15.2 Å². The van der Waals surface area contributed by atoms with Crippen LogP contribution < -0.4 is 5.32 Å². The lowest BCUT2D eigenvalue weighted by Gasteiger charge is -2.15. The number of aliphatic imine (C=N–C) groups is 1. The van der Waals surface area contributed by atoms with Crippen LogP contribution in [-0.4, -0.2) is 29.6 Å². The lowest BCUT2D eigenvalue weighted by Crippen LogP contribution is -2.28. The Morgan fingerprint density at radius 1 is 1.36 bits per heavy atom. The number of amides is 1. The van der Waals surface area contributed by atoms with Gasteiger partial charge in [0.25, 0.3) is 0 Å². The third-order valence-corrected chi connectivity index (χ3v) is 3.07. The largest absolute Gasteiger partial charge is 0.508 e. The molecule has 0 saturated heterocycles. The molecule has 2 rings (SSSR count). The Hall–Kier alpha value is -2.60. The van der Waals surface area contributed by atoms with Gasteiger partial charge in [0.1, 0.15) is 5.75 Å². The van der Waals surface area contributed by atoms with Crippen molar-refractivity contribution >= 4 is 34.7 Å². The van der Waals surface area contributed by atoms with E-state index in [-0.39, 0.29) is 33.9 Å². The zero-order chi connectivity index (χ0) is 16.3. The summed E-state index contributed by atoms with van der Waals surface area (Å²) in [5, 5.41) is 12.1. The average Bonchev–Trinajstić information content (AvgIpc) is 2.43. The fourth-order valence-electron chi connectivity index (χ4n) is 1.81. The number of rotatable bonds is 3. The van der Waals surface area contributed by atoms with Crippen molar-refractivity contribution in [2.45, 2.75) is 6.92 Å². The quantitative estimate of drug-likeness (QED) is 0.836. The number of carbonyl (C=O) groups is 2. The van der Waals surface area contributed by atoms with Crippen LogP contribution in [-0.2, 0) is 14.3 Å². The van der Waals surface area contributed by atoms with Crippen molar-refractivity contribution in [2.75, 3.05) is 7.11 Å². The van der Waals surface area contributed by atoms with Gasteiger partial charge in [-0.05, 0) is 12.1 Å². The van der Waals surface area contributed by atoms with E-state index in [1.165, 1.54) is 44.4 Å². The van der Waals surface area contributed by atoms with Gasteiger partial charge in [-0.3, -0.25) is 9.59 Å². The van der Waals surface area contributed by atoms with Crippen LogP contribution in [0.3, 0.4) is 0 Å². The number of ketones is 1. The van der Waals surface area contributed by atoms with Gasteiger partial charge in [-0.1, -0.05) is 11.6 Å².